The number of aromatic nitrogens is 1. The van der Waals surface area contributed by atoms with Crippen LogP contribution in [0.3, 0.4) is 0 Å². The van der Waals surface area contributed by atoms with Crippen LogP contribution in [0.2, 0.25) is 0 Å². The number of rotatable bonds is 6. The average Bonchev–Trinajstić information content (AvgIpc) is 2.59. The van der Waals surface area contributed by atoms with Crippen molar-refractivity contribution in [3.63, 3.8) is 0 Å². The summed E-state index contributed by atoms with van der Waals surface area (Å²) in [6.45, 7) is 1.16. The Labute approximate surface area is 133 Å². The second-order valence-corrected chi connectivity index (χ2v) is 5.02. The largest absolute Gasteiger partial charge is 0.378 e. The van der Waals surface area contributed by atoms with Gasteiger partial charge in [-0.15, -0.1) is 0 Å². The van der Waals surface area contributed by atoms with Crippen LogP contribution in [0.15, 0.2) is 60.7 Å². The molecule has 0 bridgehead atoms. The molecule has 0 saturated carbocycles. The molecule has 3 rings (SSSR count). The molecule has 6 nitrogen and oxygen atoms in total. The zero-order valence-corrected chi connectivity index (χ0v) is 12.4. The second-order valence-electron chi connectivity index (χ2n) is 5.02. The lowest BCUT2D eigenvalue weighted by Crippen LogP contribution is -2.15. The number of nitrogens with zero attached hydrogens (tertiary/aromatic N) is 2. The lowest BCUT2D eigenvalue weighted by atomic mass is 10.2. The summed E-state index contributed by atoms with van der Waals surface area (Å²) in [5.41, 5.74) is 1.53. The number of fused-ring (bicyclic) bond motifs is 1. The molecule has 1 aromatic heterocycles. The number of anilines is 2. The van der Waals surface area contributed by atoms with Gasteiger partial charge in [-0.2, -0.15) is 0 Å². The highest BCUT2D eigenvalue weighted by Crippen LogP contribution is 2.22. The van der Waals surface area contributed by atoms with Gasteiger partial charge < -0.3 is 10.6 Å². The minimum Gasteiger partial charge on any atom is -0.378 e. The lowest BCUT2D eigenvalue weighted by molar-refractivity contribution is -0.384. The minimum absolute atomic E-state index is 0.0799. The van der Waals surface area contributed by atoms with E-state index < -0.39 is 0 Å². The quantitative estimate of drug-likeness (QED) is 0.412. The highest BCUT2D eigenvalue weighted by atomic mass is 16.6. The van der Waals surface area contributed by atoms with E-state index in [4.69, 9.17) is 0 Å². The number of nitro benzene ring substituents is 1. The number of benzene rings is 2. The van der Waals surface area contributed by atoms with Crippen molar-refractivity contribution in [1.82, 2.24) is 4.98 Å². The molecular formula is C17H16N4O2. The Morgan fingerprint density at radius 3 is 2.52 bits per heavy atom. The van der Waals surface area contributed by atoms with E-state index in [2.05, 4.69) is 15.6 Å². The number of nitrogens with one attached hydrogen (secondary N) is 2. The standard InChI is InChI=1S/C17H16N4O2/c22-21(23)16-8-4-3-7-15(16)18-11-12-19-17-10-9-13-5-1-2-6-14(13)20-17/h1-10,18H,11-12H2,(H,19,20). The molecule has 23 heavy (non-hydrogen) atoms. The summed E-state index contributed by atoms with van der Waals surface area (Å²) in [6, 6.07) is 18.5. The van der Waals surface area contributed by atoms with Crippen LogP contribution >= 0.6 is 0 Å². The lowest BCUT2D eigenvalue weighted by Gasteiger charge is -2.09. The molecule has 0 radical (unpaired) electrons. The summed E-state index contributed by atoms with van der Waals surface area (Å²) in [4.78, 5) is 15.1. The van der Waals surface area contributed by atoms with Crippen molar-refractivity contribution in [1.29, 1.82) is 0 Å². The molecule has 0 fully saturated rings. The Bertz CT molecular complexity index is 835. The van der Waals surface area contributed by atoms with Gasteiger partial charge in [0.2, 0.25) is 0 Å². The SMILES string of the molecule is O=[N+]([O-])c1ccccc1NCCNc1ccc2ccccc2n1. The molecule has 0 spiro atoms. The van der Waals surface area contributed by atoms with Gasteiger partial charge in [-0.3, -0.25) is 10.1 Å². The van der Waals surface area contributed by atoms with E-state index in [9.17, 15) is 10.1 Å². The van der Waals surface area contributed by atoms with Crippen LogP contribution in [-0.4, -0.2) is 23.0 Å². The zero-order chi connectivity index (χ0) is 16.1. The maximum absolute atomic E-state index is 10.9. The number of pyridine rings is 1. The topological polar surface area (TPSA) is 80.1 Å². The molecule has 0 amide bonds. The molecule has 2 aromatic carbocycles. The van der Waals surface area contributed by atoms with Gasteiger partial charge in [0.05, 0.1) is 10.4 Å². The van der Waals surface area contributed by atoms with Crippen molar-refractivity contribution >= 4 is 28.1 Å². The zero-order valence-electron chi connectivity index (χ0n) is 12.4. The minimum atomic E-state index is -0.388. The second kappa shape index (κ2) is 6.74. The molecule has 3 aromatic rings. The fraction of sp³-hybridized carbons (Fsp3) is 0.118. The van der Waals surface area contributed by atoms with Crippen molar-refractivity contribution in [3.05, 3.63) is 70.8 Å². The van der Waals surface area contributed by atoms with Gasteiger partial charge in [-0.05, 0) is 24.3 Å². The van der Waals surface area contributed by atoms with Crippen LogP contribution in [0, 0.1) is 10.1 Å². The van der Waals surface area contributed by atoms with Crippen molar-refractivity contribution in [3.8, 4) is 0 Å². The van der Waals surface area contributed by atoms with E-state index in [1.54, 1.807) is 18.2 Å². The summed E-state index contributed by atoms with van der Waals surface area (Å²) in [5.74, 6) is 0.785. The van der Waals surface area contributed by atoms with Gasteiger partial charge in [0, 0.05) is 24.5 Å². The molecule has 6 heteroatoms. The first-order valence-corrected chi connectivity index (χ1v) is 7.31. The van der Waals surface area contributed by atoms with E-state index in [0.717, 1.165) is 16.7 Å². The first-order chi connectivity index (χ1) is 11.2. The molecular weight excluding hydrogens is 292 g/mol. The molecule has 0 aliphatic rings. The number of hydrogen-bond donors (Lipinski definition) is 2. The smallest absolute Gasteiger partial charge is 0.292 e. The first-order valence-electron chi connectivity index (χ1n) is 7.31. The van der Waals surface area contributed by atoms with E-state index in [0.29, 0.717) is 18.8 Å². The van der Waals surface area contributed by atoms with Crippen molar-refractivity contribution in [2.75, 3.05) is 23.7 Å². The molecule has 0 saturated heterocycles. The molecule has 0 aliphatic heterocycles. The van der Waals surface area contributed by atoms with Gasteiger partial charge >= 0.3 is 0 Å². The van der Waals surface area contributed by atoms with Crippen LogP contribution in [0.5, 0.6) is 0 Å². The van der Waals surface area contributed by atoms with Crippen molar-refractivity contribution < 1.29 is 4.92 Å². The molecule has 0 aliphatic carbocycles. The monoisotopic (exact) mass is 308 g/mol. The van der Waals surface area contributed by atoms with Gasteiger partial charge in [0.25, 0.3) is 5.69 Å². The third-order valence-corrected chi connectivity index (χ3v) is 3.45. The highest BCUT2D eigenvalue weighted by Gasteiger charge is 2.11. The van der Waals surface area contributed by atoms with Crippen molar-refractivity contribution in [2.45, 2.75) is 0 Å². The average molecular weight is 308 g/mol. The van der Waals surface area contributed by atoms with Gasteiger partial charge in [-0.25, -0.2) is 4.98 Å². The van der Waals surface area contributed by atoms with Crippen LogP contribution in [0.1, 0.15) is 0 Å². The number of hydrogen-bond acceptors (Lipinski definition) is 5. The molecule has 116 valence electrons. The first kappa shape index (κ1) is 14.8. The molecule has 0 unspecified atom stereocenters. The number of nitro groups is 1. The van der Waals surface area contributed by atoms with E-state index >= 15 is 0 Å². The molecule has 2 N–H and O–H groups in total. The molecule has 1 heterocycles. The Morgan fingerprint density at radius 2 is 1.65 bits per heavy atom. The fourth-order valence-corrected chi connectivity index (χ4v) is 2.33. The van der Waals surface area contributed by atoms with Gasteiger partial charge in [-0.1, -0.05) is 30.3 Å². The van der Waals surface area contributed by atoms with E-state index in [1.807, 2.05) is 36.4 Å². The maximum Gasteiger partial charge on any atom is 0.292 e. The summed E-state index contributed by atoms with van der Waals surface area (Å²) in [5, 5.41) is 18.3. The maximum atomic E-state index is 10.9. The van der Waals surface area contributed by atoms with E-state index in [1.165, 1.54) is 6.07 Å². The summed E-state index contributed by atoms with van der Waals surface area (Å²) in [6.07, 6.45) is 0. The normalized spacial score (nSPS) is 10.4. The van der Waals surface area contributed by atoms with Crippen LogP contribution in [0.4, 0.5) is 17.2 Å². The van der Waals surface area contributed by atoms with Gasteiger partial charge in [0.15, 0.2) is 0 Å². The Balaban J connectivity index is 1.58. The van der Waals surface area contributed by atoms with Crippen LogP contribution in [-0.2, 0) is 0 Å². The van der Waals surface area contributed by atoms with Gasteiger partial charge in [0.1, 0.15) is 11.5 Å². The molecule has 0 atom stereocenters. The van der Waals surface area contributed by atoms with Crippen LogP contribution in [0.25, 0.3) is 10.9 Å². The third-order valence-electron chi connectivity index (χ3n) is 3.45. The number of para-hydroxylation sites is 3. The fourth-order valence-electron chi connectivity index (χ4n) is 2.33. The summed E-state index contributed by atoms with van der Waals surface area (Å²) >= 11 is 0. The highest BCUT2D eigenvalue weighted by molar-refractivity contribution is 5.80. The van der Waals surface area contributed by atoms with Crippen molar-refractivity contribution in [2.24, 2.45) is 0 Å². The summed E-state index contributed by atoms with van der Waals surface area (Å²) < 4.78 is 0. The van der Waals surface area contributed by atoms with Crippen LogP contribution < -0.4 is 10.6 Å². The third kappa shape index (κ3) is 3.55. The predicted octanol–water partition coefficient (Wildman–Crippen LogP) is 3.67. The Kier molecular flexibility index (Phi) is 4.33. The summed E-state index contributed by atoms with van der Waals surface area (Å²) in [7, 11) is 0. The Morgan fingerprint density at radius 1 is 0.913 bits per heavy atom. The van der Waals surface area contributed by atoms with E-state index in [-0.39, 0.29) is 10.6 Å². The predicted molar refractivity (Wildman–Crippen MR) is 91.8 cm³/mol. The Hall–Kier alpha value is -3.15.